The van der Waals surface area contributed by atoms with Gasteiger partial charge in [0.15, 0.2) is 0 Å². The van der Waals surface area contributed by atoms with Gasteiger partial charge in [-0.2, -0.15) is 0 Å². The van der Waals surface area contributed by atoms with Crippen LogP contribution in [0.5, 0.6) is 0 Å². The molecule has 0 aromatic carbocycles. The number of hydrogen-bond donors (Lipinski definition) is 0. The average molecular weight is 319 g/mol. The third-order valence-electron chi connectivity index (χ3n) is 4.42. The van der Waals surface area contributed by atoms with E-state index in [1.165, 1.54) is 11.3 Å². The molecule has 3 rings (SSSR count). The number of likely N-dealkylation sites (N-methyl/N-ethyl adjacent to an activating group) is 1. The molecule has 1 aliphatic rings. The van der Waals surface area contributed by atoms with Gasteiger partial charge in [-0.15, -0.1) is 11.3 Å². The number of rotatable bonds is 2. The number of carbonyl (C=O) groups is 1. The summed E-state index contributed by atoms with van der Waals surface area (Å²) in [6.07, 6.45) is 1.76. The molecular weight excluding hydrogens is 298 g/mol. The summed E-state index contributed by atoms with van der Waals surface area (Å²) >= 11 is 1.53. The van der Waals surface area contributed by atoms with Gasteiger partial charge >= 0.3 is 0 Å². The average Bonchev–Trinajstić information content (AvgIpc) is 2.87. The Kier molecular flexibility index (Phi) is 4.06. The number of piperazine rings is 1. The zero-order valence-corrected chi connectivity index (χ0v) is 14.1. The van der Waals surface area contributed by atoms with Crippen molar-refractivity contribution in [3.63, 3.8) is 0 Å². The Morgan fingerprint density at radius 3 is 2.59 bits per heavy atom. The fourth-order valence-electron chi connectivity index (χ4n) is 3.00. The molecule has 0 N–H and O–H groups in total. The van der Waals surface area contributed by atoms with Crippen LogP contribution < -0.4 is 5.56 Å². The third kappa shape index (κ3) is 2.46. The summed E-state index contributed by atoms with van der Waals surface area (Å²) in [7, 11) is 1.73. The lowest BCUT2D eigenvalue weighted by atomic mass is 10.1. The molecule has 22 heavy (non-hydrogen) atoms. The van der Waals surface area contributed by atoms with Crippen molar-refractivity contribution in [2.45, 2.75) is 13.8 Å². The lowest BCUT2D eigenvalue weighted by molar-refractivity contribution is 0.0645. The number of aryl methyl sites for hydroxylation is 2. The molecule has 1 amide bonds. The fraction of sp³-hybridized carbons (Fsp3) is 0.500. The van der Waals surface area contributed by atoms with Gasteiger partial charge in [0.05, 0.1) is 10.9 Å². The molecule has 0 bridgehead atoms. The molecule has 2 aromatic rings. The van der Waals surface area contributed by atoms with E-state index >= 15 is 0 Å². The van der Waals surface area contributed by atoms with Crippen molar-refractivity contribution in [2.24, 2.45) is 7.05 Å². The predicted octanol–water partition coefficient (Wildman–Crippen LogP) is 1.69. The van der Waals surface area contributed by atoms with Gasteiger partial charge in [0.25, 0.3) is 11.5 Å². The van der Waals surface area contributed by atoms with Gasteiger partial charge in [0.2, 0.25) is 0 Å². The summed E-state index contributed by atoms with van der Waals surface area (Å²) in [4.78, 5) is 30.5. The van der Waals surface area contributed by atoms with E-state index in [9.17, 15) is 9.59 Å². The molecule has 1 aliphatic heterocycles. The largest absolute Gasteiger partial charge is 0.336 e. The summed E-state index contributed by atoms with van der Waals surface area (Å²) in [6.45, 7) is 8.36. The van der Waals surface area contributed by atoms with Gasteiger partial charge in [0, 0.05) is 49.0 Å². The molecule has 0 unspecified atom stereocenters. The number of aromatic nitrogens is 1. The fourth-order valence-corrected chi connectivity index (χ4v) is 4.04. The molecule has 5 nitrogen and oxygen atoms in total. The van der Waals surface area contributed by atoms with Gasteiger partial charge in [-0.25, -0.2) is 0 Å². The first-order valence-electron chi connectivity index (χ1n) is 7.63. The SMILES string of the molecule is CCN1CCN(C(=O)c2c(C)sc3ccn(C)c(=O)c23)CC1. The zero-order chi connectivity index (χ0) is 15.9. The number of amides is 1. The van der Waals surface area contributed by atoms with E-state index in [4.69, 9.17) is 0 Å². The van der Waals surface area contributed by atoms with E-state index in [2.05, 4.69) is 11.8 Å². The minimum atomic E-state index is -0.0857. The topological polar surface area (TPSA) is 45.5 Å². The number of hydrogen-bond acceptors (Lipinski definition) is 4. The Hall–Kier alpha value is -1.66. The van der Waals surface area contributed by atoms with E-state index in [1.54, 1.807) is 17.8 Å². The monoisotopic (exact) mass is 319 g/mol. The van der Waals surface area contributed by atoms with Gasteiger partial charge in [-0.3, -0.25) is 9.59 Å². The lowest BCUT2D eigenvalue weighted by Gasteiger charge is -2.34. The maximum absolute atomic E-state index is 12.9. The highest BCUT2D eigenvalue weighted by Crippen LogP contribution is 2.29. The third-order valence-corrected chi connectivity index (χ3v) is 5.49. The van der Waals surface area contributed by atoms with Crippen molar-refractivity contribution in [1.29, 1.82) is 0 Å². The van der Waals surface area contributed by atoms with Crippen molar-refractivity contribution in [1.82, 2.24) is 14.4 Å². The van der Waals surface area contributed by atoms with Crippen LogP contribution in [0.25, 0.3) is 10.1 Å². The second kappa shape index (κ2) is 5.85. The molecule has 2 aromatic heterocycles. The molecule has 1 fully saturated rings. The summed E-state index contributed by atoms with van der Waals surface area (Å²) in [5, 5.41) is 0.579. The first-order chi connectivity index (χ1) is 10.5. The van der Waals surface area contributed by atoms with Crippen LogP contribution >= 0.6 is 11.3 Å². The molecule has 1 saturated heterocycles. The molecule has 0 radical (unpaired) electrons. The van der Waals surface area contributed by atoms with E-state index in [0.717, 1.165) is 42.3 Å². The van der Waals surface area contributed by atoms with Crippen molar-refractivity contribution in [3.8, 4) is 0 Å². The van der Waals surface area contributed by atoms with Crippen molar-refractivity contribution < 1.29 is 4.79 Å². The minimum absolute atomic E-state index is 0.00260. The number of carbonyl (C=O) groups excluding carboxylic acids is 1. The normalized spacial score (nSPS) is 16.4. The molecule has 0 spiro atoms. The number of nitrogens with zero attached hydrogens (tertiary/aromatic N) is 3. The minimum Gasteiger partial charge on any atom is -0.336 e. The molecule has 6 heteroatoms. The van der Waals surface area contributed by atoms with E-state index in [1.807, 2.05) is 17.9 Å². The molecule has 0 aliphatic carbocycles. The Morgan fingerprint density at radius 2 is 1.95 bits per heavy atom. The smallest absolute Gasteiger partial charge is 0.259 e. The highest BCUT2D eigenvalue weighted by Gasteiger charge is 2.26. The second-order valence-electron chi connectivity index (χ2n) is 5.73. The van der Waals surface area contributed by atoms with Crippen molar-refractivity contribution >= 4 is 27.3 Å². The Morgan fingerprint density at radius 1 is 1.27 bits per heavy atom. The van der Waals surface area contributed by atoms with Gasteiger partial charge < -0.3 is 14.4 Å². The standard InChI is InChI=1S/C16H21N3O2S/c1-4-18-7-9-19(10-8-18)16(21)13-11(2)22-12-5-6-17(3)15(20)14(12)13/h5-6H,4,7-10H2,1-3H3. The highest BCUT2D eigenvalue weighted by atomic mass is 32.1. The first-order valence-corrected chi connectivity index (χ1v) is 8.45. The van der Waals surface area contributed by atoms with Crippen LogP contribution in [0.15, 0.2) is 17.1 Å². The molecule has 0 atom stereocenters. The lowest BCUT2D eigenvalue weighted by Crippen LogP contribution is -2.48. The highest BCUT2D eigenvalue weighted by molar-refractivity contribution is 7.19. The Balaban J connectivity index is 2.00. The van der Waals surface area contributed by atoms with Crippen molar-refractivity contribution in [2.75, 3.05) is 32.7 Å². The number of fused-ring (bicyclic) bond motifs is 1. The molecule has 118 valence electrons. The van der Waals surface area contributed by atoms with Crippen LogP contribution in [0.4, 0.5) is 0 Å². The number of pyridine rings is 1. The molecule has 3 heterocycles. The van der Waals surface area contributed by atoms with Crippen LogP contribution in [0, 0.1) is 6.92 Å². The van der Waals surface area contributed by atoms with Crippen LogP contribution in [0.2, 0.25) is 0 Å². The van der Waals surface area contributed by atoms with E-state index < -0.39 is 0 Å². The second-order valence-corrected chi connectivity index (χ2v) is 6.99. The molecule has 0 saturated carbocycles. The molecular formula is C16H21N3O2S. The summed E-state index contributed by atoms with van der Waals surface area (Å²) in [5.41, 5.74) is 0.517. The predicted molar refractivity (Wildman–Crippen MR) is 89.8 cm³/mol. The Labute approximate surface area is 133 Å². The van der Waals surface area contributed by atoms with Gasteiger partial charge in [-0.1, -0.05) is 6.92 Å². The summed E-state index contributed by atoms with van der Waals surface area (Å²) in [6, 6.07) is 1.92. The van der Waals surface area contributed by atoms with Crippen LogP contribution in [-0.4, -0.2) is 53.0 Å². The summed E-state index contributed by atoms with van der Waals surface area (Å²) in [5.74, 6) is 0.00260. The Bertz CT molecular complexity index is 770. The van der Waals surface area contributed by atoms with Crippen LogP contribution in [0.1, 0.15) is 22.2 Å². The van der Waals surface area contributed by atoms with E-state index in [0.29, 0.717) is 10.9 Å². The number of thiophene rings is 1. The zero-order valence-electron chi connectivity index (χ0n) is 13.3. The van der Waals surface area contributed by atoms with E-state index in [-0.39, 0.29) is 11.5 Å². The quantitative estimate of drug-likeness (QED) is 0.846. The summed E-state index contributed by atoms with van der Waals surface area (Å²) < 4.78 is 2.44. The maximum Gasteiger partial charge on any atom is 0.259 e. The van der Waals surface area contributed by atoms with Crippen LogP contribution in [-0.2, 0) is 7.05 Å². The van der Waals surface area contributed by atoms with Gasteiger partial charge in [-0.05, 0) is 19.5 Å². The van der Waals surface area contributed by atoms with Gasteiger partial charge in [0.1, 0.15) is 0 Å². The van der Waals surface area contributed by atoms with Crippen molar-refractivity contribution in [3.05, 3.63) is 33.1 Å². The van der Waals surface area contributed by atoms with Crippen LogP contribution in [0.3, 0.4) is 0 Å². The maximum atomic E-state index is 12.9. The first kappa shape index (κ1) is 15.2.